The Morgan fingerprint density at radius 2 is 0.943 bits per heavy atom. The van der Waals surface area contributed by atoms with E-state index in [1.807, 2.05) is 12.1 Å². The van der Waals surface area contributed by atoms with Crippen molar-refractivity contribution in [3.63, 3.8) is 0 Å². The molecule has 18 nitrogen and oxygen atoms in total. The Kier molecular flexibility index (Phi) is 12.2. The molecule has 2 aromatic rings. The molecule has 12 rings (SSSR count). The van der Waals surface area contributed by atoms with Crippen LogP contribution in [0.2, 0.25) is 0 Å². The Balaban J connectivity index is 0.516. The fourth-order valence-corrected chi connectivity index (χ4v) is 14.0. The molecule has 4 aliphatic heterocycles. The zero-order valence-electron chi connectivity index (χ0n) is 39.7. The molecule has 10 aliphatic rings. The molecule has 8 atom stereocenters. The lowest BCUT2D eigenvalue weighted by atomic mass is 9.49. The molecule has 2 saturated heterocycles. The van der Waals surface area contributed by atoms with E-state index >= 15 is 0 Å². The van der Waals surface area contributed by atoms with Gasteiger partial charge in [0.2, 0.25) is 0 Å². The molecule has 0 unspecified atom stereocenters. The summed E-state index contributed by atoms with van der Waals surface area (Å²) in [6.45, 7) is 5.53. The summed E-state index contributed by atoms with van der Waals surface area (Å²) in [4.78, 5) is 57.1. The molecule has 378 valence electrons. The minimum Gasteiger partial charge on any atom is -0.477 e. The van der Waals surface area contributed by atoms with E-state index in [9.17, 15) is 29.4 Å². The molecular weight excluding hydrogens is 909 g/mol. The van der Waals surface area contributed by atoms with Gasteiger partial charge in [-0.05, 0) is 112 Å². The first-order valence-electron chi connectivity index (χ1n) is 25.7. The number of ether oxygens (including phenoxy) is 10. The zero-order valence-corrected chi connectivity index (χ0v) is 39.7. The number of Topliss-reactive ketones (excluding diaryl/α,β-unsaturated/α-hetero) is 2. The minimum absolute atomic E-state index is 0.0225. The van der Waals surface area contributed by atoms with Crippen molar-refractivity contribution in [1.29, 1.82) is 0 Å². The van der Waals surface area contributed by atoms with E-state index in [1.165, 1.54) is 25.7 Å². The molecule has 4 saturated carbocycles. The number of carbonyl (C=O) groups excluding carboxylic acids is 4. The predicted molar refractivity (Wildman–Crippen MR) is 243 cm³/mol. The maximum atomic E-state index is 13.3. The largest absolute Gasteiger partial charge is 0.514 e. The summed E-state index contributed by atoms with van der Waals surface area (Å²) in [5, 5.41) is 24.9. The van der Waals surface area contributed by atoms with Gasteiger partial charge in [0.1, 0.15) is 13.2 Å². The standard InChI is InChI=1S/C52H64N2O16/c55-35-9-11-51(59)39-27-33-5-7-37(43-41(33)49(51,45(35)69-43)13-15-53(39)29-31-1-2-31)67-47(57)65-25-23-63-21-19-61-17-18-62-20-22-64-24-26-66-48(58)68-38-8-6-34-28-40-52(60)12-10-36(56)46-50(52,42(34)44(38)70-46)14-16-54(40)30-32-3-4-32/h5-8,31-32,39-40,45-46,59-60H,1-4,9-30H2/t39-,40-,45+,46+,49+,50+,51-,52-/m1/s1. The summed E-state index contributed by atoms with van der Waals surface area (Å²) >= 11 is 0. The van der Waals surface area contributed by atoms with Crippen LogP contribution in [0.1, 0.15) is 86.5 Å². The van der Waals surface area contributed by atoms with Gasteiger partial charge in [-0.3, -0.25) is 19.4 Å². The number of hydrogen-bond acceptors (Lipinski definition) is 18. The molecular formula is C52H64N2O16. The summed E-state index contributed by atoms with van der Waals surface area (Å²) in [5.41, 5.74) is -0.206. The summed E-state index contributed by atoms with van der Waals surface area (Å²) in [6.07, 6.45) is 5.31. The average Bonchev–Trinajstić information content (AvgIpc) is 4.28. The highest BCUT2D eigenvalue weighted by Crippen LogP contribution is 2.67. The highest BCUT2D eigenvalue weighted by molar-refractivity contribution is 5.91. The third kappa shape index (κ3) is 7.64. The number of nitrogens with zero attached hydrogens (tertiary/aromatic N) is 2. The molecule has 2 N–H and O–H groups in total. The van der Waals surface area contributed by atoms with Crippen LogP contribution >= 0.6 is 0 Å². The van der Waals surface area contributed by atoms with Crippen LogP contribution in [0.4, 0.5) is 9.59 Å². The van der Waals surface area contributed by atoms with Gasteiger partial charge in [0.25, 0.3) is 0 Å². The molecule has 4 bridgehead atoms. The minimum atomic E-state index is -1.10. The van der Waals surface area contributed by atoms with Crippen LogP contribution in [0.25, 0.3) is 0 Å². The van der Waals surface area contributed by atoms with E-state index in [2.05, 4.69) is 9.80 Å². The van der Waals surface area contributed by atoms with Crippen LogP contribution < -0.4 is 18.9 Å². The highest BCUT2D eigenvalue weighted by Gasteiger charge is 2.75. The fraction of sp³-hybridized carbons (Fsp3) is 0.692. The van der Waals surface area contributed by atoms with Crippen molar-refractivity contribution in [1.82, 2.24) is 9.80 Å². The molecule has 2 spiro atoms. The maximum absolute atomic E-state index is 13.3. The van der Waals surface area contributed by atoms with Crippen LogP contribution in [0.15, 0.2) is 24.3 Å². The van der Waals surface area contributed by atoms with Crippen molar-refractivity contribution in [2.24, 2.45) is 11.8 Å². The summed E-state index contributed by atoms with van der Waals surface area (Å²) in [5.74, 6) is 2.42. The van der Waals surface area contributed by atoms with Crippen LogP contribution in [0, 0.1) is 11.8 Å². The highest BCUT2D eigenvalue weighted by atomic mass is 16.7. The Morgan fingerprint density at radius 1 is 0.557 bits per heavy atom. The summed E-state index contributed by atoms with van der Waals surface area (Å²) in [6, 6.07) is 7.11. The van der Waals surface area contributed by atoms with E-state index in [0.29, 0.717) is 88.3 Å². The van der Waals surface area contributed by atoms with Gasteiger partial charge in [-0.2, -0.15) is 0 Å². The summed E-state index contributed by atoms with van der Waals surface area (Å²) in [7, 11) is 0. The number of hydrogen-bond donors (Lipinski definition) is 2. The maximum Gasteiger partial charge on any atom is 0.514 e. The Morgan fingerprint density at radius 3 is 1.33 bits per heavy atom. The van der Waals surface area contributed by atoms with Crippen LogP contribution in [-0.2, 0) is 61.7 Å². The lowest BCUT2D eigenvalue weighted by molar-refractivity contribution is -0.188. The Hall–Kier alpha value is -4.40. The first kappa shape index (κ1) is 46.7. The number of benzene rings is 2. The number of ketones is 2. The van der Waals surface area contributed by atoms with Crippen molar-refractivity contribution in [3.05, 3.63) is 46.5 Å². The fourth-order valence-electron chi connectivity index (χ4n) is 14.0. The van der Waals surface area contributed by atoms with E-state index in [-0.39, 0.29) is 87.6 Å². The van der Waals surface area contributed by atoms with Crippen molar-refractivity contribution < 1.29 is 76.8 Å². The van der Waals surface area contributed by atoms with E-state index in [4.69, 9.17) is 47.4 Å². The number of carbonyl (C=O) groups is 4. The molecule has 0 amide bonds. The molecule has 6 aliphatic carbocycles. The molecule has 18 heteroatoms. The second-order valence-corrected chi connectivity index (χ2v) is 21.2. The van der Waals surface area contributed by atoms with Gasteiger partial charge in [-0.15, -0.1) is 0 Å². The van der Waals surface area contributed by atoms with Crippen molar-refractivity contribution in [3.8, 4) is 23.0 Å². The van der Waals surface area contributed by atoms with Crippen LogP contribution in [0.3, 0.4) is 0 Å². The number of rotatable bonds is 21. The van der Waals surface area contributed by atoms with Gasteiger partial charge in [0, 0.05) is 49.1 Å². The van der Waals surface area contributed by atoms with Gasteiger partial charge in [0.15, 0.2) is 46.8 Å². The van der Waals surface area contributed by atoms with Gasteiger partial charge in [-0.1, -0.05) is 12.1 Å². The first-order chi connectivity index (χ1) is 34.0. The number of piperidine rings is 2. The molecule has 4 heterocycles. The number of aliphatic hydroxyl groups is 2. The molecule has 6 fully saturated rings. The van der Waals surface area contributed by atoms with E-state index in [1.54, 1.807) is 12.1 Å². The second-order valence-electron chi connectivity index (χ2n) is 21.2. The van der Waals surface area contributed by atoms with Gasteiger partial charge >= 0.3 is 12.3 Å². The van der Waals surface area contributed by atoms with Gasteiger partial charge < -0.3 is 57.6 Å². The smallest absolute Gasteiger partial charge is 0.477 e. The SMILES string of the molecule is O=C(OCCOCCOCCOCCOCCOC(=O)Oc1ccc2c3c1O[C@H]1C(=O)CC[C@@]4(O)[C@@H](C2)N(CC2CC2)CC[C@]314)Oc1ccc2c3c1O[C@H]1C(=O)CC[C@@]4(O)[C@@H](C2)N(CC2CC2)CC[C@]314. The molecule has 0 aromatic heterocycles. The molecule has 2 aromatic carbocycles. The Labute approximate surface area is 406 Å². The van der Waals surface area contributed by atoms with Gasteiger partial charge in [-0.25, -0.2) is 9.59 Å². The second kappa shape index (κ2) is 18.3. The lowest BCUT2D eigenvalue weighted by Gasteiger charge is -2.62. The first-order valence-corrected chi connectivity index (χ1v) is 25.7. The lowest BCUT2D eigenvalue weighted by Crippen LogP contribution is -2.76. The van der Waals surface area contributed by atoms with Gasteiger partial charge in [0.05, 0.1) is 74.9 Å². The topological polar surface area (TPSA) is 208 Å². The average molecular weight is 973 g/mol. The third-order valence-electron chi connectivity index (χ3n) is 17.5. The van der Waals surface area contributed by atoms with Crippen LogP contribution in [-0.4, -0.2) is 172 Å². The summed E-state index contributed by atoms with van der Waals surface area (Å²) < 4.78 is 56.8. The zero-order chi connectivity index (χ0) is 47.8. The third-order valence-corrected chi connectivity index (χ3v) is 17.5. The number of likely N-dealkylation sites (tertiary alicyclic amines) is 2. The molecule has 70 heavy (non-hydrogen) atoms. The van der Waals surface area contributed by atoms with E-state index in [0.717, 1.165) is 48.4 Å². The quantitative estimate of drug-likeness (QED) is 0.104. The monoisotopic (exact) mass is 972 g/mol. The molecule has 0 radical (unpaired) electrons. The van der Waals surface area contributed by atoms with Crippen LogP contribution in [0.5, 0.6) is 23.0 Å². The van der Waals surface area contributed by atoms with E-state index < -0.39 is 46.6 Å². The van der Waals surface area contributed by atoms with Crippen molar-refractivity contribution in [2.75, 3.05) is 92.2 Å². The normalized spacial score (nSPS) is 32.9. The predicted octanol–water partition coefficient (Wildman–Crippen LogP) is 3.75. The van der Waals surface area contributed by atoms with Crippen molar-refractivity contribution >= 4 is 23.9 Å². The Bertz CT molecular complexity index is 2240. The van der Waals surface area contributed by atoms with Crippen molar-refractivity contribution in [2.45, 2.75) is 123 Å².